The standard InChI is InChI=1S/C8H18O3Si.C5H12O2Si/c1-5-9-12(8-4,10-6-2)11-7-3;1-4-5-8(6-2)7-3/h8H,4-7H2,1-3H3;4-5,8H,1-3H3. The van der Waals surface area contributed by atoms with Crippen molar-refractivity contribution in [3.05, 3.63) is 24.1 Å². The van der Waals surface area contributed by atoms with Crippen molar-refractivity contribution in [2.45, 2.75) is 27.7 Å². The van der Waals surface area contributed by atoms with Gasteiger partial charge >= 0.3 is 18.1 Å². The molecule has 0 atom stereocenters. The SMILES string of the molecule is C=C[Si](OCC)(OCC)OCC.CC=C[SiH](OC)OC. The molecule has 7 heteroatoms. The molecule has 0 spiro atoms. The van der Waals surface area contributed by atoms with Crippen molar-refractivity contribution >= 4 is 18.1 Å². The first-order valence-electron chi connectivity index (χ1n) is 6.83. The minimum atomic E-state index is -2.51. The molecule has 0 aliphatic heterocycles. The smallest absolute Gasteiger partial charge is 0.397 e. The second-order valence-electron chi connectivity index (χ2n) is 3.47. The third-order valence-electron chi connectivity index (χ3n) is 2.10. The zero-order valence-corrected chi connectivity index (χ0v) is 15.8. The first-order valence-corrected chi connectivity index (χ1v) is 10.2. The highest BCUT2D eigenvalue weighted by molar-refractivity contribution is 6.66. The molecule has 0 saturated heterocycles. The van der Waals surface area contributed by atoms with Crippen LogP contribution in [0.4, 0.5) is 0 Å². The Morgan fingerprint density at radius 1 is 0.950 bits per heavy atom. The maximum absolute atomic E-state index is 5.44. The van der Waals surface area contributed by atoms with Gasteiger partial charge < -0.3 is 22.1 Å². The van der Waals surface area contributed by atoms with E-state index in [1.54, 1.807) is 19.9 Å². The van der Waals surface area contributed by atoms with Crippen LogP contribution in [0.15, 0.2) is 24.1 Å². The van der Waals surface area contributed by atoms with Crippen molar-refractivity contribution in [3.63, 3.8) is 0 Å². The van der Waals surface area contributed by atoms with E-state index in [9.17, 15) is 0 Å². The zero-order valence-electron chi connectivity index (χ0n) is 13.7. The first kappa shape index (κ1) is 22.0. The molecule has 0 saturated carbocycles. The maximum Gasteiger partial charge on any atom is 0.528 e. The molecule has 0 N–H and O–H groups in total. The minimum Gasteiger partial charge on any atom is -0.397 e. The predicted molar refractivity (Wildman–Crippen MR) is 86.8 cm³/mol. The molecule has 0 aromatic heterocycles. The summed E-state index contributed by atoms with van der Waals surface area (Å²) in [6.45, 7) is 13.2. The predicted octanol–water partition coefficient (Wildman–Crippen LogP) is 2.38. The lowest BCUT2D eigenvalue weighted by atomic mass is 10.8. The van der Waals surface area contributed by atoms with E-state index in [0.29, 0.717) is 19.8 Å². The monoisotopic (exact) mass is 322 g/mol. The van der Waals surface area contributed by atoms with Crippen LogP contribution in [0.1, 0.15) is 27.7 Å². The van der Waals surface area contributed by atoms with E-state index in [1.165, 1.54) is 0 Å². The van der Waals surface area contributed by atoms with Gasteiger partial charge in [-0.05, 0) is 39.1 Å². The fraction of sp³-hybridized carbons (Fsp3) is 0.692. The van der Waals surface area contributed by atoms with Crippen LogP contribution in [-0.2, 0) is 22.1 Å². The average molecular weight is 323 g/mol. The van der Waals surface area contributed by atoms with E-state index >= 15 is 0 Å². The normalized spacial score (nSPS) is 11.6. The Labute approximate surface area is 126 Å². The zero-order chi connectivity index (χ0) is 15.9. The molecule has 0 bridgehead atoms. The van der Waals surface area contributed by atoms with Gasteiger partial charge in [0.2, 0.25) is 0 Å². The molecule has 120 valence electrons. The molecule has 0 fully saturated rings. The molecular formula is C13H30O5Si2. The van der Waals surface area contributed by atoms with E-state index in [2.05, 4.69) is 6.58 Å². The minimum absolute atomic E-state index is 0.595. The van der Waals surface area contributed by atoms with Crippen LogP contribution in [0.25, 0.3) is 0 Å². The molecule has 0 aliphatic rings. The van der Waals surface area contributed by atoms with E-state index in [4.69, 9.17) is 22.1 Å². The molecule has 0 amide bonds. The summed E-state index contributed by atoms with van der Waals surface area (Å²) in [5.74, 6) is 0. The Morgan fingerprint density at radius 2 is 1.35 bits per heavy atom. The molecule has 0 heterocycles. The van der Waals surface area contributed by atoms with Crippen LogP contribution < -0.4 is 0 Å². The van der Waals surface area contributed by atoms with Crippen LogP contribution in [0.2, 0.25) is 0 Å². The Kier molecular flexibility index (Phi) is 16.6. The fourth-order valence-corrected chi connectivity index (χ4v) is 3.95. The third-order valence-corrected chi connectivity index (χ3v) is 6.30. The lowest BCUT2D eigenvalue weighted by Crippen LogP contribution is -2.44. The van der Waals surface area contributed by atoms with Crippen LogP contribution in [0, 0.1) is 0 Å². The van der Waals surface area contributed by atoms with Crippen molar-refractivity contribution in [3.8, 4) is 0 Å². The van der Waals surface area contributed by atoms with Gasteiger partial charge in [0.15, 0.2) is 0 Å². The lowest BCUT2D eigenvalue weighted by Gasteiger charge is -2.24. The van der Waals surface area contributed by atoms with Gasteiger partial charge in [-0.1, -0.05) is 12.7 Å². The second kappa shape index (κ2) is 15.1. The summed E-state index contributed by atoms with van der Waals surface area (Å²) in [6.07, 6.45) is 1.95. The summed E-state index contributed by atoms with van der Waals surface area (Å²) in [4.78, 5) is 0. The topological polar surface area (TPSA) is 46.2 Å². The highest BCUT2D eigenvalue weighted by Crippen LogP contribution is 2.10. The summed E-state index contributed by atoms with van der Waals surface area (Å²) in [6, 6.07) is 0. The highest BCUT2D eigenvalue weighted by atomic mass is 28.4. The van der Waals surface area contributed by atoms with E-state index in [0.717, 1.165) is 0 Å². The second-order valence-corrected chi connectivity index (χ2v) is 8.02. The van der Waals surface area contributed by atoms with Crippen LogP contribution >= 0.6 is 0 Å². The molecule has 0 aromatic carbocycles. The van der Waals surface area contributed by atoms with Crippen molar-refractivity contribution < 1.29 is 22.1 Å². The van der Waals surface area contributed by atoms with Gasteiger partial charge in [-0.15, -0.1) is 0 Å². The summed E-state index contributed by atoms with van der Waals surface area (Å²) in [5, 5.41) is 0. The van der Waals surface area contributed by atoms with Crippen molar-refractivity contribution in [2.75, 3.05) is 34.0 Å². The van der Waals surface area contributed by atoms with Gasteiger partial charge in [-0.25, -0.2) is 0 Å². The quantitative estimate of drug-likeness (QED) is 0.578. The van der Waals surface area contributed by atoms with Crippen molar-refractivity contribution in [1.82, 2.24) is 0 Å². The van der Waals surface area contributed by atoms with Gasteiger partial charge in [0.1, 0.15) is 0 Å². The maximum atomic E-state index is 5.44. The Morgan fingerprint density at radius 3 is 1.50 bits per heavy atom. The largest absolute Gasteiger partial charge is 0.528 e. The summed E-state index contributed by atoms with van der Waals surface area (Å²) in [5.41, 5.74) is 3.64. The Hall–Kier alpha value is -0.286. The molecule has 0 unspecified atom stereocenters. The summed E-state index contributed by atoms with van der Waals surface area (Å²) in [7, 11) is -0.544. The Bertz CT molecular complexity index is 228. The summed E-state index contributed by atoms with van der Waals surface area (Å²) < 4.78 is 26.2. The molecule has 5 nitrogen and oxygen atoms in total. The third kappa shape index (κ3) is 10.5. The average Bonchev–Trinajstić information content (AvgIpc) is 2.46. The number of hydrogen-bond acceptors (Lipinski definition) is 5. The van der Waals surface area contributed by atoms with Gasteiger partial charge in [0, 0.05) is 34.0 Å². The Balaban J connectivity index is 0. The van der Waals surface area contributed by atoms with Crippen LogP contribution in [0.3, 0.4) is 0 Å². The first-order chi connectivity index (χ1) is 9.59. The molecule has 0 aliphatic carbocycles. The molecule has 0 rings (SSSR count). The van der Waals surface area contributed by atoms with Crippen molar-refractivity contribution in [1.29, 1.82) is 0 Å². The van der Waals surface area contributed by atoms with Gasteiger partial charge in [-0.3, -0.25) is 0 Å². The molecule has 0 radical (unpaired) electrons. The van der Waals surface area contributed by atoms with E-state index in [-0.39, 0.29) is 0 Å². The van der Waals surface area contributed by atoms with Crippen molar-refractivity contribution in [2.24, 2.45) is 0 Å². The number of allylic oxidation sites excluding steroid dienone is 1. The van der Waals surface area contributed by atoms with Gasteiger partial charge in [-0.2, -0.15) is 0 Å². The lowest BCUT2D eigenvalue weighted by molar-refractivity contribution is 0.0844. The molecule has 0 aromatic rings. The fourth-order valence-electron chi connectivity index (χ4n) is 1.32. The van der Waals surface area contributed by atoms with Gasteiger partial charge in [0.05, 0.1) is 0 Å². The molecular weight excluding hydrogens is 292 g/mol. The van der Waals surface area contributed by atoms with Crippen LogP contribution in [0.5, 0.6) is 0 Å². The van der Waals surface area contributed by atoms with E-state index < -0.39 is 18.1 Å². The number of hydrogen-bond donors (Lipinski definition) is 0. The highest BCUT2D eigenvalue weighted by Gasteiger charge is 2.36. The number of rotatable bonds is 10. The van der Waals surface area contributed by atoms with Gasteiger partial charge in [0.25, 0.3) is 0 Å². The van der Waals surface area contributed by atoms with E-state index in [1.807, 2.05) is 39.5 Å². The van der Waals surface area contributed by atoms with Crippen LogP contribution in [-0.4, -0.2) is 52.1 Å². The molecule has 20 heavy (non-hydrogen) atoms. The summed E-state index contributed by atoms with van der Waals surface area (Å²) >= 11 is 0.